The maximum absolute atomic E-state index is 12.3. The number of nitrogens with one attached hydrogen (secondary N) is 1. The normalized spacial score (nSPS) is 11.5. The molecule has 0 saturated carbocycles. The zero-order chi connectivity index (χ0) is 13.8. The van der Waals surface area contributed by atoms with Gasteiger partial charge >= 0.3 is 0 Å². The fraction of sp³-hybridized carbons (Fsp3) is 0.333. The van der Waals surface area contributed by atoms with E-state index in [9.17, 15) is 8.42 Å². The Labute approximate surface area is 117 Å². The molecule has 0 heterocycles. The van der Waals surface area contributed by atoms with Gasteiger partial charge in [0.15, 0.2) is 0 Å². The van der Waals surface area contributed by atoms with Gasteiger partial charge in [-0.2, -0.15) is 4.31 Å². The molecule has 0 aliphatic rings. The molecular weight excluding hydrogens is 316 g/mol. The molecule has 98 valence electrons. The predicted molar refractivity (Wildman–Crippen MR) is 75.6 cm³/mol. The monoisotopic (exact) mass is 330 g/mol. The molecule has 0 bridgehead atoms. The molecule has 0 unspecified atom stereocenters. The Kier molecular flexibility index (Phi) is 5.35. The summed E-state index contributed by atoms with van der Waals surface area (Å²) in [7, 11) is -0.286. The molecule has 1 aromatic rings. The zero-order valence-corrected chi connectivity index (χ0v) is 12.7. The van der Waals surface area contributed by atoms with Crippen LogP contribution in [0.3, 0.4) is 0 Å². The van der Waals surface area contributed by atoms with Gasteiger partial charge in [0, 0.05) is 18.1 Å². The second-order valence-electron chi connectivity index (χ2n) is 3.76. The Bertz CT molecular complexity index is 564. The van der Waals surface area contributed by atoms with Crippen LogP contribution in [0.1, 0.15) is 5.56 Å². The third-order valence-electron chi connectivity index (χ3n) is 2.38. The molecule has 0 aromatic heterocycles. The first kappa shape index (κ1) is 15.2. The van der Waals surface area contributed by atoms with E-state index < -0.39 is 10.0 Å². The maximum atomic E-state index is 12.3. The highest BCUT2D eigenvalue weighted by molar-refractivity contribution is 9.10. The van der Waals surface area contributed by atoms with Gasteiger partial charge in [-0.15, -0.1) is 6.42 Å². The maximum Gasteiger partial charge on any atom is 0.244 e. The minimum atomic E-state index is -3.56. The number of nitrogens with zero attached hydrogens (tertiary/aromatic N) is 1. The molecule has 0 fully saturated rings. The predicted octanol–water partition coefficient (Wildman–Crippen LogP) is 1.42. The highest BCUT2D eigenvalue weighted by Crippen LogP contribution is 2.25. The van der Waals surface area contributed by atoms with Crippen LogP contribution in [0.25, 0.3) is 0 Å². The van der Waals surface area contributed by atoms with Gasteiger partial charge in [-0.1, -0.05) is 12.0 Å². The van der Waals surface area contributed by atoms with E-state index in [1.165, 1.54) is 7.05 Å². The number of halogens is 1. The molecule has 0 aliphatic heterocycles. The molecule has 1 N–H and O–H groups in total. The molecule has 0 atom stereocenters. The van der Waals surface area contributed by atoms with E-state index in [1.807, 2.05) is 6.07 Å². The van der Waals surface area contributed by atoms with E-state index in [0.29, 0.717) is 11.0 Å². The van der Waals surface area contributed by atoms with Crippen molar-refractivity contribution in [1.82, 2.24) is 9.62 Å². The summed E-state index contributed by atoms with van der Waals surface area (Å²) in [6.45, 7) is 0.652. The summed E-state index contributed by atoms with van der Waals surface area (Å²) < 4.78 is 26.2. The fourth-order valence-electron chi connectivity index (χ4n) is 1.44. The standard InChI is InChI=1S/C12H15BrN2O2S/c1-4-7-15(3)18(16,17)12-8-10(9-14-2)5-6-11(12)13/h1,5-6,8,14H,7,9H2,2-3H3. The molecule has 0 saturated heterocycles. The lowest BCUT2D eigenvalue weighted by molar-refractivity contribution is 0.502. The summed E-state index contributed by atoms with van der Waals surface area (Å²) in [5, 5.41) is 2.98. The first-order chi connectivity index (χ1) is 8.43. The van der Waals surface area contributed by atoms with E-state index >= 15 is 0 Å². The van der Waals surface area contributed by atoms with Crippen molar-refractivity contribution in [3.05, 3.63) is 28.2 Å². The highest BCUT2D eigenvalue weighted by Gasteiger charge is 2.22. The third-order valence-corrected chi connectivity index (χ3v) is 5.18. The van der Waals surface area contributed by atoms with Crippen molar-refractivity contribution in [3.63, 3.8) is 0 Å². The fourth-order valence-corrected chi connectivity index (χ4v) is 3.50. The summed E-state index contributed by atoms with van der Waals surface area (Å²) >= 11 is 3.26. The molecule has 6 heteroatoms. The van der Waals surface area contributed by atoms with Gasteiger partial charge in [0.25, 0.3) is 0 Å². The molecule has 0 aliphatic carbocycles. The summed E-state index contributed by atoms with van der Waals surface area (Å²) in [6, 6.07) is 5.23. The van der Waals surface area contributed by atoms with Crippen molar-refractivity contribution in [1.29, 1.82) is 0 Å². The van der Waals surface area contributed by atoms with Crippen LogP contribution in [0.2, 0.25) is 0 Å². The van der Waals surface area contributed by atoms with E-state index in [0.717, 1.165) is 9.87 Å². The minimum absolute atomic E-state index is 0.0467. The second kappa shape index (κ2) is 6.34. The van der Waals surface area contributed by atoms with Crippen molar-refractivity contribution in [2.24, 2.45) is 0 Å². The van der Waals surface area contributed by atoms with Crippen molar-refractivity contribution < 1.29 is 8.42 Å². The lowest BCUT2D eigenvalue weighted by Crippen LogP contribution is -2.27. The van der Waals surface area contributed by atoms with E-state index in [-0.39, 0.29) is 11.4 Å². The van der Waals surface area contributed by atoms with Gasteiger partial charge < -0.3 is 5.32 Å². The average molecular weight is 331 g/mol. The molecule has 1 rings (SSSR count). The summed E-state index contributed by atoms with van der Waals surface area (Å²) in [5.74, 6) is 2.32. The Balaban J connectivity index is 3.23. The van der Waals surface area contributed by atoms with Crippen molar-refractivity contribution >= 4 is 26.0 Å². The van der Waals surface area contributed by atoms with Crippen LogP contribution in [0, 0.1) is 12.3 Å². The smallest absolute Gasteiger partial charge is 0.244 e. The number of hydrogen-bond donors (Lipinski definition) is 1. The van der Waals surface area contributed by atoms with E-state index in [2.05, 4.69) is 27.2 Å². The van der Waals surface area contributed by atoms with Gasteiger partial charge in [0.2, 0.25) is 10.0 Å². The third kappa shape index (κ3) is 3.33. The number of hydrogen-bond acceptors (Lipinski definition) is 3. The first-order valence-corrected chi connectivity index (χ1v) is 7.49. The summed E-state index contributed by atoms with van der Waals surface area (Å²) in [4.78, 5) is 0.230. The largest absolute Gasteiger partial charge is 0.316 e. The zero-order valence-electron chi connectivity index (χ0n) is 10.3. The Morgan fingerprint density at radius 2 is 2.17 bits per heavy atom. The molecule has 1 aromatic carbocycles. The number of terminal acetylenes is 1. The molecule has 0 radical (unpaired) electrons. The van der Waals surface area contributed by atoms with Gasteiger partial charge in [-0.3, -0.25) is 0 Å². The molecule has 18 heavy (non-hydrogen) atoms. The molecule has 0 amide bonds. The van der Waals surface area contributed by atoms with Crippen LogP contribution < -0.4 is 5.32 Å². The van der Waals surface area contributed by atoms with Gasteiger partial charge in [-0.25, -0.2) is 8.42 Å². The van der Waals surface area contributed by atoms with Crippen LogP contribution in [0.4, 0.5) is 0 Å². The average Bonchev–Trinajstić information content (AvgIpc) is 2.32. The van der Waals surface area contributed by atoms with Crippen LogP contribution in [-0.4, -0.2) is 33.4 Å². The highest BCUT2D eigenvalue weighted by atomic mass is 79.9. The van der Waals surface area contributed by atoms with Crippen molar-refractivity contribution in [3.8, 4) is 12.3 Å². The minimum Gasteiger partial charge on any atom is -0.316 e. The number of sulfonamides is 1. The molecular formula is C12H15BrN2O2S. The quantitative estimate of drug-likeness (QED) is 0.831. The van der Waals surface area contributed by atoms with E-state index in [4.69, 9.17) is 6.42 Å². The van der Waals surface area contributed by atoms with Gasteiger partial charge in [-0.05, 0) is 40.7 Å². The van der Waals surface area contributed by atoms with Crippen molar-refractivity contribution in [2.75, 3.05) is 20.6 Å². The summed E-state index contributed by atoms with van der Waals surface area (Å²) in [6.07, 6.45) is 5.14. The Morgan fingerprint density at radius 1 is 1.50 bits per heavy atom. The van der Waals surface area contributed by atoms with E-state index in [1.54, 1.807) is 19.2 Å². The lowest BCUT2D eigenvalue weighted by atomic mass is 10.2. The van der Waals surface area contributed by atoms with Crippen LogP contribution >= 0.6 is 15.9 Å². The SMILES string of the molecule is C#CCN(C)S(=O)(=O)c1cc(CNC)ccc1Br. The number of rotatable bonds is 5. The summed E-state index contributed by atoms with van der Waals surface area (Å²) in [5.41, 5.74) is 0.897. The van der Waals surface area contributed by atoms with Crippen LogP contribution in [0.5, 0.6) is 0 Å². The number of benzene rings is 1. The van der Waals surface area contributed by atoms with Gasteiger partial charge in [0.1, 0.15) is 0 Å². The Hall–Kier alpha value is -0.870. The van der Waals surface area contributed by atoms with Crippen LogP contribution in [0.15, 0.2) is 27.6 Å². The van der Waals surface area contributed by atoms with Crippen LogP contribution in [-0.2, 0) is 16.6 Å². The van der Waals surface area contributed by atoms with Crippen molar-refractivity contribution in [2.45, 2.75) is 11.4 Å². The second-order valence-corrected chi connectivity index (χ2v) is 6.63. The molecule has 0 spiro atoms. The Morgan fingerprint density at radius 3 is 2.72 bits per heavy atom. The lowest BCUT2D eigenvalue weighted by Gasteiger charge is -2.16. The topological polar surface area (TPSA) is 49.4 Å². The first-order valence-electron chi connectivity index (χ1n) is 5.26. The van der Waals surface area contributed by atoms with Gasteiger partial charge in [0.05, 0.1) is 11.4 Å². The molecule has 4 nitrogen and oxygen atoms in total.